The number of carbonyl (C=O) groups excluding carboxylic acids is 1. The molecule has 3 rings (SSSR count). The standard InChI is InChI=1S/C17H22N2O4/c20-16(12-7-8-18-15(10-12)17(21)22)19(13-4-1-2-5-13)11-14-6-3-9-23-14/h7-8,10,13-14H,1-6,9,11H2,(H,21,22). The maximum atomic E-state index is 12.9. The Morgan fingerprint density at radius 2 is 2.04 bits per heavy atom. The maximum absolute atomic E-state index is 12.9. The van der Waals surface area contributed by atoms with Crippen molar-refractivity contribution in [3.8, 4) is 0 Å². The fourth-order valence-corrected chi connectivity index (χ4v) is 3.47. The van der Waals surface area contributed by atoms with Gasteiger partial charge in [-0.3, -0.25) is 4.79 Å². The Morgan fingerprint density at radius 1 is 1.26 bits per heavy atom. The molecule has 0 aromatic carbocycles. The van der Waals surface area contributed by atoms with Crippen LogP contribution in [0.3, 0.4) is 0 Å². The van der Waals surface area contributed by atoms with Crippen molar-refractivity contribution in [2.75, 3.05) is 13.2 Å². The predicted octanol–water partition coefficient (Wildman–Crippen LogP) is 2.34. The quantitative estimate of drug-likeness (QED) is 0.901. The average Bonchev–Trinajstić information content (AvgIpc) is 3.25. The lowest BCUT2D eigenvalue weighted by Crippen LogP contribution is -2.43. The van der Waals surface area contributed by atoms with Crippen molar-refractivity contribution in [2.45, 2.75) is 50.7 Å². The highest BCUT2D eigenvalue weighted by Crippen LogP contribution is 2.27. The molecule has 124 valence electrons. The fourth-order valence-electron chi connectivity index (χ4n) is 3.47. The number of amides is 1. The van der Waals surface area contributed by atoms with Gasteiger partial charge in [-0.15, -0.1) is 0 Å². The first-order chi connectivity index (χ1) is 11.1. The van der Waals surface area contributed by atoms with Crippen LogP contribution in [0.5, 0.6) is 0 Å². The van der Waals surface area contributed by atoms with Gasteiger partial charge in [-0.1, -0.05) is 12.8 Å². The topological polar surface area (TPSA) is 79.7 Å². The summed E-state index contributed by atoms with van der Waals surface area (Å²) in [6, 6.07) is 3.18. The van der Waals surface area contributed by atoms with Gasteiger partial charge in [-0.05, 0) is 37.8 Å². The highest BCUT2D eigenvalue weighted by molar-refractivity contribution is 5.96. The Bertz CT molecular complexity index is 578. The van der Waals surface area contributed by atoms with Gasteiger partial charge in [-0.2, -0.15) is 0 Å². The molecule has 1 saturated carbocycles. The molecule has 1 atom stereocenters. The van der Waals surface area contributed by atoms with E-state index in [4.69, 9.17) is 9.84 Å². The summed E-state index contributed by atoms with van der Waals surface area (Å²) in [7, 11) is 0. The number of aromatic nitrogens is 1. The molecule has 0 radical (unpaired) electrons. The van der Waals surface area contributed by atoms with Gasteiger partial charge >= 0.3 is 5.97 Å². The average molecular weight is 318 g/mol. The van der Waals surface area contributed by atoms with E-state index in [2.05, 4.69) is 4.98 Å². The van der Waals surface area contributed by atoms with Crippen molar-refractivity contribution < 1.29 is 19.4 Å². The molecular formula is C17H22N2O4. The van der Waals surface area contributed by atoms with Crippen LogP contribution in [0.1, 0.15) is 59.4 Å². The summed E-state index contributed by atoms with van der Waals surface area (Å²) >= 11 is 0. The normalized spacial score (nSPS) is 21.5. The van der Waals surface area contributed by atoms with Crippen LogP contribution >= 0.6 is 0 Å². The monoisotopic (exact) mass is 318 g/mol. The summed E-state index contributed by atoms with van der Waals surface area (Å²) in [5, 5.41) is 9.06. The zero-order valence-corrected chi connectivity index (χ0v) is 13.1. The van der Waals surface area contributed by atoms with Crippen LogP contribution in [0.4, 0.5) is 0 Å². The number of aromatic carboxylic acids is 1. The Balaban J connectivity index is 1.80. The second kappa shape index (κ2) is 7.08. The van der Waals surface area contributed by atoms with E-state index in [0.29, 0.717) is 12.1 Å². The summed E-state index contributed by atoms with van der Waals surface area (Å²) < 4.78 is 5.69. The Labute approximate surface area is 135 Å². The van der Waals surface area contributed by atoms with E-state index in [-0.39, 0.29) is 23.7 Å². The highest BCUT2D eigenvalue weighted by Gasteiger charge is 2.31. The predicted molar refractivity (Wildman–Crippen MR) is 83.5 cm³/mol. The molecule has 0 spiro atoms. The second-order valence-corrected chi connectivity index (χ2v) is 6.27. The molecule has 2 fully saturated rings. The second-order valence-electron chi connectivity index (χ2n) is 6.27. The van der Waals surface area contributed by atoms with Gasteiger partial charge in [-0.25, -0.2) is 9.78 Å². The van der Waals surface area contributed by atoms with Gasteiger partial charge in [0.15, 0.2) is 0 Å². The number of pyridine rings is 1. The van der Waals surface area contributed by atoms with Crippen LogP contribution in [-0.4, -0.2) is 52.2 Å². The summed E-state index contributed by atoms with van der Waals surface area (Å²) in [5.74, 6) is -1.23. The van der Waals surface area contributed by atoms with Crippen LogP contribution < -0.4 is 0 Å². The number of carbonyl (C=O) groups is 2. The molecule has 1 amide bonds. The molecule has 2 aliphatic rings. The minimum atomic E-state index is -1.12. The van der Waals surface area contributed by atoms with Crippen molar-refractivity contribution in [2.24, 2.45) is 0 Å². The van der Waals surface area contributed by atoms with Crippen molar-refractivity contribution >= 4 is 11.9 Å². The van der Waals surface area contributed by atoms with E-state index < -0.39 is 5.97 Å². The zero-order valence-electron chi connectivity index (χ0n) is 13.1. The Hall–Kier alpha value is -1.95. The lowest BCUT2D eigenvalue weighted by atomic mass is 10.1. The number of nitrogens with zero attached hydrogens (tertiary/aromatic N) is 2. The SMILES string of the molecule is O=C(O)c1cc(C(=O)N(CC2CCCO2)C2CCCC2)ccn1. The molecule has 1 aromatic heterocycles. The first-order valence-electron chi connectivity index (χ1n) is 8.27. The van der Waals surface area contributed by atoms with E-state index in [1.807, 2.05) is 4.90 Å². The molecule has 1 saturated heterocycles. The molecule has 6 nitrogen and oxygen atoms in total. The largest absolute Gasteiger partial charge is 0.477 e. The summed E-state index contributed by atoms with van der Waals surface area (Å²) in [5.41, 5.74) is 0.293. The number of hydrogen-bond acceptors (Lipinski definition) is 4. The number of hydrogen-bond donors (Lipinski definition) is 1. The third-order valence-electron chi connectivity index (χ3n) is 4.68. The Kier molecular flexibility index (Phi) is 4.91. The van der Waals surface area contributed by atoms with Crippen molar-refractivity contribution in [3.05, 3.63) is 29.6 Å². The molecule has 1 aliphatic heterocycles. The fraction of sp³-hybridized carbons (Fsp3) is 0.588. The number of carboxylic acids is 1. The molecular weight excluding hydrogens is 296 g/mol. The molecule has 1 aromatic rings. The van der Waals surface area contributed by atoms with Gasteiger partial charge in [0.05, 0.1) is 6.10 Å². The van der Waals surface area contributed by atoms with Crippen LogP contribution in [0.2, 0.25) is 0 Å². The minimum Gasteiger partial charge on any atom is -0.477 e. The summed E-state index contributed by atoms with van der Waals surface area (Å²) in [4.78, 5) is 29.7. The van der Waals surface area contributed by atoms with Crippen LogP contribution in [0.25, 0.3) is 0 Å². The maximum Gasteiger partial charge on any atom is 0.354 e. The number of carboxylic acid groups (broad SMARTS) is 1. The first-order valence-corrected chi connectivity index (χ1v) is 8.27. The van der Waals surface area contributed by atoms with Crippen molar-refractivity contribution in [3.63, 3.8) is 0 Å². The third-order valence-corrected chi connectivity index (χ3v) is 4.68. The molecule has 23 heavy (non-hydrogen) atoms. The van der Waals surface area contributed by atoms with E-state index in [0.717, 1.165) is 45.1 Å². The van der Waals surface area contributed by atoms with Gasteiger partial charge in [0.1, 0.15) is 5.69 Å². The summed E-state index contributed by atoms with van der Waals surface area (Å²) in [6.45, 7) is 1.35. The molecule has 1 aliphatic carbocycles. The highest BCUT2D eigenvalue weighted by atomic mass is 16.5. The zero-order chi connectivity index (χ0) is 16.2. The number of rotatable bonds is 5. The van der Waals surface area contributed by atoms with Gasteiger partial charge in [0.25, 0.3) is 5.91 Å². The minimum absolute atomic E-state index is 0.0975. The Morgan fingerprint density at radius 3 is 2.70 bits per heavy atom. The van der Waals surface area contributed by atoms with E-state index in [1.54, 1.807) is 6.07 Å². The van der Waals surface area contributed by atoms with Gasteiger partial charge < -0.3 is 14.7 Å². The molecule has 1 N–H and O–H groups in total. The van der Waals surface area contributed by atoms with Crippen molar-refractivity contribution in [1.82, 2.24) is 9.88 Å². The molecule has 1 unspecified atom stereocenters. The van der Waals surface area contributed by atoms with Crippen LogP contribution in [0.15, 0.2) is 18.3 Å². The lowest BCUT2D eigenvalue weighted by molar-refractivity contribution is 0.0420. The van der Waals surface area contributed by atoms with Crippen LogP contribution in [0, 0.1) is 0 Å². The van der Waals surface area contributed by atoms with E-state index in [1.165, 1.54) is 12.3 Å². The van der Waals surface area contributed by atoms with Crippen molar-refractivity contribution in [1.29, 1.82) is 0 Å². The summed E-state index contributed by atoms with van der Waals surface area (Å²) in [6.07, 6.45) is 7.79. The van der Waals surface area contributed by atoms with Gasteiger partial charge in [0, 0.05) is 31.0 Å². The number of ether oxygens (including phenoxy) is 1. The van der Waals surface area contributed by atoms with E-state index in [9.17, 15) is 9.59 Å². The van der Waals surface area contributed by atoms with E-state index >= 15 is 0 Å². The van der Waals surface area contributed by atoms with Crippen LogP contribution in [-0.2, 0) is 4.74 Å². The van der Waals surface area contributed by atoms with Gasteiger partial charge in [0.2, 0.25) is 0 Å². The smallest absolute Gasteiger partial charge is 0.354 e. The molecule has 6 heteroatoms. The molecule has 2 heterocycles. The first kappa shape index (κ1) is 15.9. The lowest BCUT2D eigenvalue weighted by Gasteiger charge is -2.31. The molecule has 0 bridgehead atoms. The third kappa shape index (κ3) is 3.69.